The molecule has 23 heavy (non-hydrogen) atoms. The second kappa shape index (κ2) is 6.12. The molecule has 0 saturated carbocycles. The van der Waals surface area contributed by atoms with Gasteiger partial charge >= 0.3 is 0 Å². The Morgan fingerprint density at radius 3 is 2.65 bits per heavy atom. The first-order valence-electron chi connectivity index (χ1n) is 7.61. The number of halogens is 1. The van der Waals surface area contributed by atoms with Crippen molar-refractivity contribution in [2.45, 2.75) is 31.9 Å². The Bertz CT molecular complexity index is 662. The van der Waals surface area contributed by atoms with E-state index in [1.54, 1.807) is 0 Å². The first-order valence-corrected chi connectivity index (χ1v) is 7.61. The molecular weight excluding hydrogens is 301 g/mol. The highest BCUT2D eigenvalue weighted by atomic mass is 19.1. The summed E-state index contributed by atoms with van der Waals surface area (Å²) in [6.07, 6.45) is 1.64. The molecule has 1 N–H and O–H groups in total. The molecule has 0 spiro atoms. The first-order chi connectivity index (χ1) is 11.0. The van der Waals surface area contributed by atoms with Gasteiger partial charge in [-0.1, -0.05) is 12.1 Å². The molecule has 1 saturated heterocycles. The largest absolute Gasteiger partial charge is 0.503 e. The van der Waals surface area contributed by atoms with E-state index < -0.39 is 23.5 Å². The lowest BCUT2D eigenvalue weighted by atomic mass is 9.96. The van der Waals surface area contributed by atoms with Crippen LogP contribution in [0.4, 0.5) is 4.39 Å². The number of ether oxygens (including phenoxy) is 1. The zero-order valence-electron chi connectivity index (χ0n) is 12.8. The highest BCUT2D eigenvalue weighted by Gasteiger charge is 2.43. The van der Waals surface area contributed by atoms with Crippen LogP contribution in [-0.2, 0) is 14.3 Å². The summed E-state index contributed by atoms with van der Waals surface area (Å²) in [5.41, 5.74) is 0.645. The highest BCUT2D eigenvalue weighted by Crippen LogP contribution is 2.38. The zero-order valence-corrected chi connectivity index (χ0v) is 12.8. The summed E-state index contributed by atoms with van der Waals surface area (Å²) in [4.78, 5) is 25.8. The summed E-state index contributed by atoms with van der Waals surface area (Å²) in [6, 6.07) is 4.90. The van der Waals surface area contributed by atoms with E-state index in [4.69, 9.17) is 4.74 Å². The van der Waals surface area contributed by atoms with Gasteiger partial charge in [0.15, 0.2) is 11.5 Å². The van der Waals surface area contributed by atoms with Gasteiger partial charge in [-0.3, -0.25) is 9.59 Å². The van der Waals surface area contributed by atoms with E-state index in [2.05, 4.69) is 0 Å². The van der Waals surface area contributed by atoms with Crippen LogP contribution in [0.5, 0.6) is 0 Å². The van der Waals surface area contributed by atoms with Crippen LogP contribution in [0.3, 0.4) is 0 Å². The van der Waals surface area contributed by atoms with Gasteiger partial charge in [-0.25, -0.2) is 4.39 Å². The molecule has 2 atom stereocenters. The van der Waals surface area contributed by atoms with Gasteiger partial charge in [-0.2, -0.15) is 0 Å². The summed E-state index contributed by atoms with van der Waals surface area (Å²) in [5.74, 6) is -1.88. The average Bonchev–Trinajstić information content (AvgIpc) is 3.10. The topological polar surface area (TPSA) is 66.8 Å². The standard InChI is InChI=1S/C17H18FNO4/c1-10(20)14-15(11-4-6-12(18)7-5-11)19(17(22)16(14)21)9-13-3-2-8-23-13/h4-7,13,15,21H,2-3,8-9H2,1H3/t13-,15-/m1/s1. The minimum absolute atomic E-state index is 0.0552. The summed E-state index contributed by atoms with van der Waals surface area (Å²) in [6.45, 7) is 2.25. The number of amides is 1. The lowest BCUT2D eigenvalue weighted by Crippen LogP contribution is -2.37. The van der Waals surface area contributed by atoms with Crippen molar-refractivity contribution in [2.75, 3.05) is 13.2 Å². The maximum Gasteiger partial charge on any atom is 0.290 e. The lowest BCUT2D eigenvalue weighted by molar-refractivity contribution is -0.131. The molecule has 1 amide bonds. The maximum absolute atomic E-state index is 13.2. The van der Waals surface area contributed by atoms with E-state index in [-0.39, 0.29) is 17.5 Å². The normalized spacial score (nSPS) is 24.6. The van der Waals surface area contributed by atoms with Crippen LogP contribution in [-0.4, -0.2) is 41.0 Å². The van der Waals surface area contributed by atoms with Crippen LogP contribution in [0, 0.1) is 5.82 Å². The smallest absolute Gasteiger partial charge is 0.290 e. The molecule has 0 aromatic heterocycles. The summed E-state index contributed by atoms with van der Waals surface area (Å²) >= 11 is 0. The number of aliphatic hydroxyl groups excluding tert-OH is 1. The lowest BCUT2D eigenvalue weighted by Gasteiger charge is -2.28. The van der Waals surface area contributed by atoms with Gasteiger partial charge in [-0.05, 0) is 37.5 Å². The number of carbonyl (C=O) groups excluding carboxylic acids is 2. The van der Waals surface area contributed by atoms with Crippen LogP contribution in [0.15, 0.2) is 35.6 Å². The van der Waals surface area contributed by atoms with Gasteiger partial charge in [0.05, 0.1) is 17.7 Å². The number of rotatable bonds is 4. The molecule has 6 heteroatoms. The van der Waals surface area contributed by atoms with E-state index in [9.17, 15) is 19.1 Å². The third-order valence-corrected chi connectivity index (χ3v) is 4.29. The fourth-order valence-corrected chi connectivity index (χ4v) is 3.20. The highest BCUT2D eigenvalue weighted by molar-refractivity contribution is 6.08. The molecule has 0 aliphatic carbocycles. The van der Waals surface area contributed by atoms with Crippen molar-refractivity contribution < 1.29 is 23.8 Å². The molecule has 0 radical (unpaired) electrons. The number of nitrogens with zero attached hydrogens (tertiary/aromatic N) is 1. The molecule has 1 aromatic carbocycles. The van der Waals surface area contributed by atoms with Gasteiger partial charge < -0.3 is 14.7 Å². The quantitative estimate of drug-likeness (QED) is 0.924. The number of Topliss-reactive ketones (excluding diaryl/α,β-unsaturated/α-hetero) is 1. The Morgan fingerprint density at radius 2 is 2.09 bits per heavy atom. The Hall–Kier alpha value is -2.21. The Labute approximate surface area is 133 Å². The summed E-state index contributed by atoms with van der Waals surface area (Å²) in [7, 11) is 0. The molecule has 2 aliphatic heterocycles. The summed E-state index contributed by atoms with van der Waals surface area (Å²) < 4.78 is 18.7. The molecule has 2 heterocycles. The molecule has 1 fully saturated rings. The van der Waals surface area contributed by atoms with Crippen LogP contribution in [0.2, 0.25) is 0 Å². The third-order valence-electron chi connectivity index (χ3n) is 4.29. The minimum atomic E-state index is -0.704. The van der Waals surface area contributed by atoms with E-state index in [0.29, 0.717) is 18.7 Å². The Kier molecular flexibility index (Phi) is 4.17. The number of aliphatic hydroxyl groups is 1. The number of ketones is 1. The molecule has 1 aromatic rings. The van der Waals surface area contributed by atoms with Gasteiger partial charge in [0.2, 0.25) is 0 Å². The molecule has 2 aliphatic rings. The van der Waals surface area contributed by atoms with Crippen LogP contribution >= 0.6 is 0 Å². The second-order valence-corrected chi connectivity index (χ2v) is 5.87. The van der Waals surface area contributed by atoms with Crippen molar-refractivity contribution in [1.29, 1.82) is 0 Å². The Morgan fingerprint density at radius 1 is 1.39 bits per heavy atom. The minimum Gasteiger partial charge on any atom is -0.503 e. The van der Waals surface area contributed by atoms with Gasteiger partial charge in [0.1, 0.15) is 5.82 Å². The SMILES string of the molecule is CC(=O)C1=C(O)C(=O)N(C[C@H]2CCCO2)[C@@H]1c1ccc(F)cc1. The van der Waals surface area contributed by atoms with E-state index in [1.807, 2.05) is 0 Å². The fraction of sp³-hybridized carbons (Fsp3) is 0.412. The monoisotopic (exact) mass is 319 g/mol. The van der Waals surface area contributed by atoms with Crippen LogP contribution < -0.4 is 0 Å². The van der Waals surface area contributed by atoms with Crippen molar-refractivity contribution >= 4 is 11.7 Å². The van der Waals surface area contributed by atoms with Gasteiger partial charge in [-0.15, -0.1) is 0 Å². The number of hydrogen-bond acceptors (Lipinski definition) is 4. The molecule has 3 rings (SSSR count). The van der Waals surface area contributed by atoms with Crippen molar-refractivity contribution in [3.05, 3.63) is 47.0 Å². The van der Waals surface area contributed by atoms with Crippen molar-refractivity contribution in [3.63, 3.8) is 0 Å². The Balaban J connectivity index is 1.98. The van der Waals surface area contributed by atoms with Crippen molar-refractivity contribution in [3.8, 4) is 0 Å². The maximum atomic E-state index is 13.2. The average molecular weight is 319 g/mol. The van der Waals surface area contributed by atoms with Gasteiger partial charge in [0.25, 0.3) is 5.91 Å². The molecular formula is C17H18FNO4. The zero-order chi connectivity index (χ0) is 16.6. The second-order valence-electron chi connectivity index (χ2n) is 5.87. The fourth-order valence-electron chi connectivity index (χ4n) is 3.20. The molecule has 0 bridgehead atoms. The van der Waals surface area contributed by atoms with E-state index >= 15 is 0 Å². The third kappa shape index (κ3) is 2.86. The number of hydrogen-bond donors (Lipinski definition) is 1. The van der Waals surface area contributed by atoms with Crippen molar-refractivity contribution in [2.24, 2.45) is 0 Å². The number of benzene rings is 1. The molecule has 122 valence electrons. The van der Waals surface area contributed by atoms with Crippen LogP contribution in [0.1, 0.15) is 31.4 Å². The summed E-state index contributed by atoms with van der Waals surface area (Å²) in [5, 5.41) is 10.1. The number of carbonyl (C=O) groups is 2. The van der Waals surface area contributed by atoms with E-state index in [1.165, 1.54) is 36.1 Å². The van der Waals surface area contributed by atoms with Gasteiger partial charge in [0, 0.05) is 13.2 Å². The van der Waals surface area contributed by atoms with Crippen molar-refractivity contribution in [1.82, 2.24) is 4.90 Å². The molecule has 0 unspecified atom stereocenters. The van der Waals surface area contributed by atoms with E-state index in [0.717, 1.165) is 12.8 Å². The predicted molar refractivity (Wildman–Crippen MR) is 80.2 cm³/mol. The predicted octanol–water partition coefficient (Wildman–Crippen LogP) is 2.29. The van der Waals surface area contributed by atoms with Crippen LogP contribution in [0.25, 0.3) is 0 Å². The molecule has 5 nitrogen and oxygen atoms in total. The first kappa shape index (κ1) is 15.7.